The zero-order chi connectivity index (χ0) is 14.8. The van der Waals surface area contributed by atoms with Crippen molar-refractivity contribution in [3.63, 3.8) is 0 Å². The number of benzene rings is 1. The van der Waals surface area contributed by atoms with Crippen LogP contribution in [0, 0.1) is 6.92 Å². The molecule has 0 fully saturated rings. The van der Waals surface area contributed by atoms with Crippen molar-refractivity contribution in [3.05, 3.63) is 69.2 Å². The second-order valence-electron chi connectivity index (χ2n) is 4.63. The molecule has 2 aromatic heterocycles. The highest BCUT2D eigenvalue weighted by atomic mass is 79.9. The maximum absolute atomic E-state index is 12.2. The van der Waals surface area contributed by atoms with Crippen LogP contribution in [0.5, 0.6) is 0 Å². The summed E-state index contributed by atoms with van der Waals surface area (Å²) in [7, 11) is 0. The largest absolute Gasteiger partial charge is 0.305 e. The SMILES string of the molecule is Cc1ccncc1-c1nc(-c2ccccc2)c(Br)c(=O)[nH]1. The fourth-order valence-electron chi connectivity index (χ4n) is 2.09. The van der Waals surface area contributed by atoms with E-state index in [1.54, 1.807) is 12.4 Å². The molecule has 0 spiro atoms. The van der Waals surface area contributed by atoms with Crippen LogP contribution >= 0.6 is 15.9 Å². The Labute approximate surface area is 130 Å². The number of H-pyrrole nitrogens is 1. The third kappa shape index (κ3) is 2.64. The molecule has 3 aromatic rings. The van der Waals surface area contributed by atoms with E-state index in [1.165, 1.54) is 0 Å². The van der Waals surface area contributed by atoms with Crippen LogP contribution in [0.2, 0.25) is 0 Å². The van der Waals surface area contributed by atoms with E-state index in [2.05, 4.69) is 30.9 Å². The maximum atomic E-state index is 12.2. The van der Waals surface area contributed by atoms with Crippen LogP contribution in [0.3, 0.4) is 0 Å². The van der Waals surface area contributed by atoms with Gasteiger partial charge in [-0.2, -0.15) is 0 Å². The Balaban J connectivity index is 2.24. The lowest BCUT2D eigenvalue weighted by molar-refractivity contribution is 1.10. The molecule has 21 heavy (non-hydrogen) atoms. The first-order chi connectivity index (χ1) is 10.2. The highest BCUT2D eigenvalue weighted by Crippen LogP contribution is 2.26. The van der Waals surface area contributed by atoms with E-state index < -0.39 is 0 Å². The summed E-state index contributed by atoms with van der Waals surface area (Å²) in [5.74, 6) is 0.521. The monoisotopic (exact) mass is 341 g/mol. The van der Waals surface area contributed by atoms with Crippen LogP contribution < -0.4 is 5.56 Å². The molecule has 3 rings (SSSR count). The Bertz CT molecular complexity index is 844. The second kappa shape index (κ2) is 5.61. The van der Waals surface area contributed by atoms with Crippen molar-refractivity contribution >= 4 is 15.9 Å². The van der Waals surface area contributed by atoms with E-state index >= 15 is 0 Å². The molecule has 0 saturated carbocycles. The van der Waals surface area contributed by atoms with Crippen LogP contribution in [0.15, 0.2) is 58.1 Å². The van der Waals surface area contributed by atoms with Gasteiger partial charge in [-0.25, -0.2) is 4.98 Å². The Hall–Kier alpha value is -2.27. The molecule has 0 saturated heterocycles. The summed E-state index contributed by atoms with van der Waals surface area (Å²) in [6, 6.07) is 11.5. The molecule has 0 aliphatic heterocycles. The van der Waals surface area contributed by atoms with Crippen molar-refractivity contribution in [1.29, 1.82) is 0 Å². The lowest BCUT2D eigenvalue weighted by Gasteiger charge is -2.08. The van der Waals surface area contributed by atoms with Gasteiger partial charge in [-0.15, -0.1) is 0 Å². The molecule has 2 heterocycles. The first-order valence-electron chi connectivity index (χ1n) is 6.43. The Morgan fingerprint density at radius 2 is 1.90 bits per heavy atom. The van der Waals surface area contributed by atoms with E-state index in [4.69, 9.17) is 0 Å². The second-order valence-corrected chi connectivity index (χ2v) is 5.43. The molecule has 0 aliphatic rings. The molecular formula is C16H12BrN3O. The lowest BCUT2D eigenvalue weighted by atomic mass is 10.1. The van der Waals surface area contributed by atoms with E-state index in [1.807, 2.05) is 43.3 Å². The molecule has 104 valence electrons. The van der Waals surface area contributed by atoms with Crippen molar-refractivity contribution in [2.24, 2.45) is 0 Å². The minimum Gasteiger partial charge on any atom is -0.305 e. The minimum absolute atomic E-state index is 0.206. The number of hydrogen-bond donors (Lipinski definition) is 1. The molecule has 4 nitrogen and oxygen atoms in total. The average molecular weight is 342 g/mol. The van der Waals surface area contributed by atoms with Gasteiger partial charge in [-0.05, 0) is 34.5 Å². The molecule has 0 bridgehead atoms. The standard InChI is InChI=1S/C16H12BrN3O/c1-10-7-8-18-9-12(10)15-19-14(13(17)16(21)20-15)11-5-3-2-4-6-11/h2-9H,1H3,(H,19,20,21). The van der Waals surface area contributed by atoms with Gasteiger partial charge >= 0.3 is 0 Å². The number of hydrogen-bond acceptors (Lipinski definition) is 3. The predicted octanol–water partition coefficient (Wildman–Crippen LogP) is 3.57. The van der Waals surface area contributed by atoms with Gasteiger partial charge in [0, 0.05) is 23.5 Å². The summed E-state index contributed by atoms with van der Waals surface area (Å²) in [4.78, 5) is 23.6. The summed E-state index contributed by atoms with van der Waals surface area (Å²) >= 11 is 3.32. The van der Waals surface area contributed by atoms with Gasteiger partial charge in [-0.3, -0.25) is 9.78 Å². The minimum atomic E-state index is -0.206. The van der Waals surface area contributed by atoms with Gasteiger partial charge in [0.1, 0.15) is 10.3 Å². The van der Waals surface area contributed by atoms with Crippen molar-refractivity contribution in [1.82, 2.24) is 15.0 Å². The first-order valence-corrected chi connectivity index (χ1v) is 7.22. The quantitative estimate of drug-likeness (QED) is 0.775. The van der Waals surface area contributed by atoms with E-state index in [0.717, 1.165) is 16.7 Å². The Morgan fingerprint density at radius 1 is 1.14 bits per heavy atom. The molecule has 0 atom stereocenters. The number of nitrogens with zero attached hydrogens (tertiary/aromatic N) is 2. The van der Waals surface area contributed by atoms with Crippen LogP contribution in [0.1, 0.15) is 5.56 Å². The van der Waals surface area contributed by atoms with Gasteiger partial charge in [-0.1, -0.05) is 30.3 Å². The van der Waals surface area contributed by atoms with Crippen LogP contribution in [-0.4, -0.2) is 15.0 Å². The van der Waals surface area contributed by atoms with E-state index in [9.17, 15) is 4.79 Å². The molecule has 0 unspecified atom stereocenters. The van der Waals surface area contributed by atoms with Crippen molar-refractivity contribution in [3.8, 4) is 22.6 Å². The maximum Gasteiger partial charge on any atom is 0.266 e. The summed E-state index contributed by atoms with van der Waals surface area (Å²) in [5.41, 5.74) is 3.13. The number of aromatic amines is 1. The van der Waals surface area contributed by atoms with E-state index in [-0.39, 0.29) is 5.56 Å². The lowest BCUT2D eigenvalue weighted by Crippen LogP contribution is -2.12. The molecule has 1 N–H and O–H groups in total. The van der Waals surface area contributed by atoms with Crippen molar-refractivity contribution < 1.29 is 0 Å². The van der Waals surface area contributed by atoms with Gasteiger partial charge < -0.3 is 4.98 Å². The summed E-state index contributed by atoms with van der Waals surface area (Å²) in [6.45, 7) is 1.96. The first kappa shape index (κ1) is 13.7. The Morgan fingerprint density at radius 3 is 2.62 bits per heavy atom. The van der Waals surface area contributed by atoms with Gasteiger partial charge in [0.2, 0.25) is 0 Å². The third-order valence-corrected chi connectivity index (χ3v) is 3.94. The zero-order valence-corrected chi connectivity index (χ0v) is 12.9. The summed E-state index contributed by atoms with van der Waals surface area (Å²) < 4.78 is 0.430. The fraction of sp³-hybridized carbons (Fsp3) is 0.0625. The van der Waals surface area contributed by atoms with Crippen LogP contribution in [0.25, 0.3) is 22.6 Å². The molecular weight excluding hydrogens is 330 g/mol. The number of rotatable bonds is 2. The molecule has 0 aliphatic carbocycles. The van der Waals surface area contributed by atoms with Gasteiger partial charge in [0.05, 0.1) is 5.69 Å². The number of aryl methyl sites for hydroxylation is 1. The number of aromatic nitrogens is 3. The average Bonchev–Trinajstić information content (AvgIpc) is 2.51. The highest BCUT2D eigenvalue weighted by Gasteiger charge is 2.13. The van der Waals surface area contributed by atoms with Crippen LogP contribution in [-0.2, 0) is 0 Å². The fourth-order valence-corrected chi connectivity index (χ4v) is 2.50. The smallest absolute Gasteiger partial charge is 0.266 e. The number of pyridine rings is 1. The third-order valence-electron chi connectivity index (χ3n) is 3.20. The summed E-state index contributed by atoms with van der Waals surface area (Å²) in [5, 5.41) is 0. The zero-order valence-electron chi connectivity index (χ0n) is 11.3. The molecule has 5 heteroatoms. The molecule has 1 aromatic carbocycles. The van der Waals surface area contributed by atoms with Gasteiger partial charge in [0.25, 0.3) is 5.56 Å². The molecule has 0 radical (unpaired) electrons. The van der Waals surface area contributed by atoms with Gasteiger partial charge in [0.15, 0.2) is 0 Å². The van der Waals surface area contributed by atoms with Crippen LogP contribution in [0.4, 0.5) is 0 Å². The van der Waals surface area contributed by atoms with E-state index in [0.29, 0.717) is 16.0 Å². The topological polar surface area (TPSA) is 58.6 Å². The van der Waals surface area contributed by atoms with Crippen molar-refractivity contribution in [2.75, 3.05) is 0 Å². The highest BCUT2D eigenvalue weighted by molar-refractivity contribution is 9.10. The number of nitrogens with one attached hydrogen (secondary N) is 1. The number of halogens is 1. The van der Waals surface area contributed by atoms with Crippen molar-refractivity contribution in [2.45, 2.75) is 6.92 Å². The normalized spacial score (nSPS) is 10.6. The predicted molar refractivity (Wildman–Crippen MR) is 86.0 cm³/mol. The summed E-state index contributed by atoms with van der Waals surface area (Å²) in [6.07, 6.45) is 3.42. The molecule has 0 amide bonds. The Kier molecular flexibility index (Phi) is 3.66.